The summed E-state index contributed by atoms with van der Waals surface area (Å²) in [5.41, 5.74) is 8.71. The summed E-state index contributed by atoms with van der Waals surface area (Å²) in [4.78, 5) is 8.95. The van der Waals surface area contributed by atoms with Crippen molar-refractivity contribution in [1.82, 2.24) is 9.97 Å². The lowest BCUT2D eigenvalue weighted by atomic mass is 10.0. The fourth-order valence-corrected chi connectivity index (χ4v) is 3.62. The number of nitrogens with two attached hydrogens (primary N) is 1. The number of nitrogen functional groups attached to an aromatic ring is 1. The molecular weight excluding hydrogens is 413 g/mol. The summed E-state index contributed by atoms with van der Waals surface area (Å²) in [6.07, 6.45) is -0.137. The number of hydrogen-bond acceptors (Lipinski definition) is 6. The molecule has 3 aromatic rings. The second-order valence-electron chi connectivity index (χ2n) is 6.28. The molecule has 1 atom stereocenters. The Kier molecular flexibility index (Phi) is 7.30. The average molecular weight is 434 g/mol. The third kappa shape index (κ3) is 5.59. The van der Waals surface area contributed by atoms with Crippen molar-refractivity contribution in [2.45, 2.75) is 24.6 Å². The maximum Gasteiger partial charge on any atom is 0.189 e. The first-order chi connectivity index (χ1) is 14.0. The van der Waals surface area contributed by atoms with Crippen molar-refractivity contribution in [2.75, 3.05) is 18.1 Å². The highest BCUT2D eigenvalue weighted by Gasteiger charge is 2.15. The van der Waals surface area contributed by atoms with E-state index in [4.69, 9.17) is 22.1 Å². The zero-order valence-electron chi connectivity index (χ0n) is 15.8. The normalized spacial score (nSPS) is 12.0. The molecule has 3 rings (SSSR count). The Morgan fingerprint density at radius 2 is 1.90 bits per heavy atom. The first-order valence-electron chi connectivity index (χ1n) is 9.08. The Morgan fingerprint density at radius 3 is 2.59 bits per heavy atom. The zero-order chi connectivity index (χ0) is 20.8. The monoisotopic (exact) mass is 433 g/mol. The van der Waals surface area contributed by atoms with Crippen LogP contribution in [0, 0.1) is 5.82 Å². The van der Waals surface area contributed by atoms with Crippen LogP contribution < -0.4 is 10.5 Å². The van der Waals surface area contributed by atoms with Crippen LogP contribution in [-0.2, 0) is 6.42 Å². The summed E-state index contributed by atoms with van der Waals surface area (Å²) in [6, 6.07) is 13.4. The summed E-state index contributed by atoms with van der Waals surface area (Å²) in [5, 5.41) is 11.3. The van der Waals surface area contributed by atoms with Gasteiger partial charge in [0, 0.05) is 16.3 Å². The van der Waals surface area contributed by atoms with E-state index in [1.807, 2.05) is 19.1 Å². The maximum absolute atomic E-state index is 13.6. The number of rotatable bonds is 8. The van der Waals surface area contributed by atoms with E-state index in [1.54, 1.807) is 24.3 Å². The molecule has 0 amide bonds. The molecule has 0 bridgehead atoms. The number of thioether (sulfide) groups is 1. The molecule has 3 N–H and O–H groups in total. The predicted molar refractivity (Wildman–Crippen MR) is 115 cm³/mol. The molecule has 5 nitrogen and oxygen atoms in total. The van der Waals surface area contributed by atoms with Crippen molar-refractivity contribution in [3.8, 4) is 16.9 Å². The minimum atomic E-state index is -0.814. The quantitative estimate of drug-likeness (QED) is 0.398. The lowest BCUT2D eigenvalue weighted by Crippen LogP contribution is -2.20. The number of nitrogens with zero attached hydrogens (tertiary/aromatic N) is 2. The molecule has 152 valence electrons. The van der Waals surface area contributed by atoms with Crippen LogP contribution in [0.5, 0.6) is 5.75 Å². The van der Waals surface area contributed by atoms with Crippen molar-refractivity contribution in [3.63, 3.8) is 0 Å². The number of aliphatic hydroxyl groups is 1. The second kappa shape index (κ2) is 9.91. The van der Waals surface area contributed by atoms with Crippen LogP contribution >= 0.6 is 23.4 Å². The van der Waals surface area contributed by atoms with Crippen molar-refractivity contribution in [3.05, 3.63) is 65.1 Å². The third-order valence-corrected chi connectivity index (χ3v) is 5.38. The van der Waals surface area contributed by atoms with Crippen LogP contribution in [0.4, 0.5) is 10.2 Å². The predicted octanol–water partition coefficient (Wildman–Crippen LogP) is 4.61. The van der Waals surface area contributed by atoms with E-state index in [-0.39, 0.29) is 18.1 Å². The van der Waals surface area contributed by atoms with E-state index in [2.05, 4.69) is 9.97 Å². The van der Waals surface area contributed by atoms with E-state index in [1.165, 1.54) is 23.9 Å². The molecule has 0 radical (unpaired) electrons. The van der Waals surface area contributed by atoms with Crippen LogP contribution in [0.1, 0.15) is 12.6 Å². The van der Waals surface area contributed by atoms with Crippen LogP contribution in [-0.4, -0.2) is 33.5 Å². The van der Waals surface area contributed by atoms with E-state index >= 15 is 0 Å². The third-order valence-electron chi connectivity index (χ3n) is 4.13. The van der Waals surface area contributed by atoms with Gasteiger partial charge in [-0.1, -0.05) is 54.6 Å². The summed E-state index contributed by atoms with van der Waals surface area (Å²) in [7, 11) is 0. The summed E-state index contributed by atoms with van der Waals surface area (Å²) in [5.74, 6) is 0.308. The lowest BCUT2D eigenvalue weighted by Gasteiger charge is -2.14. The molecule has 0 aliphatic rings. The van der Waals surface area contributed by atoms with Crippen molar-refractivity contribution < 1.29 is 14.2 Å². The van der Waals surface area contributed by atoms with Crippen LogP contribution in [0.15, 0.2) is 53.7 Å². The average Bonchev–Trinajstić information content (AvgIpc) is 2.72. The first kappa shape index (κ1) is 21.4. The molecule has 1 aromatic heterocycles. The Bertz CT molecular complexity index is 973. The number of anilines is 1. The van der Waals surface area contributed by atoms with E-state index in [9.17, 15) is 9.50 Å². The lowest BCUT2D eigenvalue weighted by molar-refractivity contribution is 0.123. The van der Waals surface area contributed by atoms with Gasteiger partial charge in [0.2, 0.25) is 0 Å². The fourth-order valence-electron chi connectivity index (χ4n) is 2.72. The molecule has 8 heteroatoms. The van der Waals surface area contributed by atoms with Crippen molar-refractivity contribution in [2.24, 2.45) is 0 Å². The Hall–Kier alpha value is -2.35. The molecule has 0 aliphatic heterocycles. The molecule has 29 heavy (non-hydrogen) atoms. The van der Waals surface area contributed by atoms with Gasteiger partial charge in [-0.05, 0) is 36.2 Å². The molecule has 0 spiro atoms. The Balaban J connectivity index is 1.66. The SMILES string of the molecule is CCc1nc(SC[C@H](O)COc2ccccc2F)nc(N)c1-c1ccc(Cl)cc1. The zero-order valence-corrected chi connectivity index (χ0v) is 17.4. The molecule has 0 unspecified atom stereocenters. The Labute approximate surface area is 178 Å². The number of para-hydroxylation sites is 1. The van der Waals surface area contributed by atoms with Gasteiger partial charge in [-0.2, -0.15) is 0 Å². The van der Waals surface area contributed by atoms with Gasteiger partial charge in [0.25, 0.3) is 0 Å². The van der Waals surface area contributed by atoms with Gasteiger partial charge in [-0.15, -0.1) is 0 Å². The summed E-state index contributed by atoms with van der Waals surface area (Å²) < 4.78 is 18.9. The molecular formula is C21H21ClFN3O2S. The number of halogens is 2. The number of aromatic nitrogens is 2. The van der Waals surface area contributed by atoms with E-state index in [0.29, 0.717) is 22.4 Å². The van der Waals surface area contributed by atoms with Crippen LogP contribution in [0.2, 0.25) is 5.02 Å². The highest BCUT2D eigenvalue weighted by atomic mass is 35.5. The minimum absolute atomic E-state index is 0.0348. The highest BCUT2D eigenvalue weighted by Crippen LogP contribution is 2.31. The standard InChI is InChI=1S/C21H21ClFN3O2S/c1-2-17-19(13-7-9-14(22)10-8-13)20(24)26-21(25-17)29-12-15(27)11-28-18-6-4-3-5-16(18)23/h3-10,15,27H,2,11-12H2,1H3,(H2,24,25,26)/t15-/m1/s1. The van der Waals surface area contributed by atoms with E-state index < -0.39 is 11.9 Å². The smallest absolute Gasteiger partial charge is 0.189 e. The van der Waals surface area contributed by atoms with Gasteiger partial charge in [-0.25, -0.2) is 14.4 Å². The second-order valence-corrected chi connectivity index (χ2v) is 7.70. The van der Waals surface area contributed by atoms with Gasteiger partial charge < -0.3 is 15.6 Å². The molecule has 0 saturated heterocycles. The molecule has 0 aliphatic carbocycles. The maximum atomic E-state index is 13.6. The van der Waals surface area contributed by atoms with E-state index in [0.717, 1.165) is 16.8 Å². The van der Waals surface area contributed by atoms with Crippen LogP contribution in [0.25, 0.3) is 11.1 Å². The van der Waals surface area contributed by atoms with Crippen LogP contribution in [0.3, 0.4) is 0 Å². The number of hydrogen-bond donors (Lipinski definition) is 2. The number of benzene rings is 2. The summed E-state index contributed by atoms with van der Waals surface area (Å²) in [6.45, 7) is 1.96. The minimum Gasteiger partial charge on any atom is -0.488 e. The van der Waals surface area contributed by atoms with Crippen molar-refractivity contribution in [1.29, 1.82) is 0 Å². The molecule has 2 aromatic carbocycles. The van der Waals surface area contributed by atoms with Gasteiger partial charge in [0.1, 0.15) is 12.4 Å². The summed E-state index contributed by atoms with van der Waals surface area (Å²) >= 11 is 7.23. The molecule has 1 heterocycles. The largest absolute Gasteiger partial charge is 0.488 e. The Morgan fingerprint density at radius 1 is 1.17 bits per heavy atom. The molecule has 0 fully saturated rings. The highest BCUT2D eigenvalue weighted by molar-refractivity contribution is 7.99. The topological polar surface area (TPSA) is 81.3 Å². The molecule has 0 saturated carbocycles. The number of aliphatic hydroxyl groups excluding tert-OH is 1. The number of ether oxygens (including phenoxy) is 1. The number of aryl methyl sites for hydroxylation is 1. The van der Waals surface area contributed by atoms with Gasteiger partial charge >= 0.3 is 0 Å². The fraction of sp³-hybridized carbons (Fsp3) is 0.238. The van der Waals surface area contributed by atoms with Gasteiger partial charge in [-0.3, -0.25) is 0 Å². The van der Waals surface area contributed by atoms with Crippen molar-refractivity contribution >= 4 is 29.2 Å². The van der Waals surface area contributed by atoms with Gasteiger partial charge in [0.15, 0.2) is 16.7 Å². The van der Waals surface area contributed by atoms with Gasteiger partial charge in [0.05, 0.1) is 11.8 Å². The first-order valence-corrected chi connectivity index (χ1v) is 10.4.